The van der Waals surface area contributed by atoms with Gasteiger partial charge in [0.15, 0.2) is 5.82 Å². The number of hydrogen-bond acceptors (Lipinski definition) is 4. The minimum absolute atomic E-state index is 0.685. The molecule has 1 N–H and O–H groups in total. The van der Waals surface area contributed by atoms with Crippen LogP contribution in [0.3, 0.4) is 0 Å². The van der Waals surface area contributed by atoms with Gasteiger partial charge in [-0.2, -0.15) is 0 Å². The molecule has 3 rings (SSSR count). The SMILES string of the molecule is Cc1cc(N2CCNCC2)nc(-c2ccccc2Cl)n1. The van der Waals surface area contributed by atoms with Gasteiger partial charge < -0.3 is 10.2 Å². The number of rotatable bonds is 2. The van der Waals surface area contributed by atoms with Gasteiger partial charge in [0.2, 0.25) is 0 Å². The molecule has 104 valence electrons. The van der Waals surface area contributed by atoms with Crippen molar-refractivity contribution in [1.29, 1.82) is 0 Å². The highest BCUT2D eigenvalue weighted by molar-refractivity contribution is 6.33. The van der Waals surface area contributed by atoms with Crippen molar-refractivity contribution in [2.45, 2.75) is 6.92 Å². The van der Waals surface area contributed by atoms with E-state index in [1.807, 2.05) is 37.3 Å². The van der Waals surface area contributed by atoms with Gasteiger partial charge in [0.05, 0.1) is 5.02 Å². The third-order valence-electron chi connectivity index (χ3n) is 3.40. The Morgan fingerprint density at radius 3 is 2.65 bits per heavy atom. The Morgan fingerprint density at radius 1 is 1.15 bits per heavy atom. The molecule has 1 aliphatic heterocycles. The molecule has 4 nitrogen and oxygen atoms in total. The Morgan fingerprint density at radius 2 is 1.90 bits per heavy atom. The van der Waals surface area contributed by atoms with Crippen molar-refractivity contribution < 1.29 is 0 Å². The number of benzene rings is 1. The maximum Gasteiger partial charge on any atom is 0.163 e. The van der Waals surface area contributed by atoms with Gasteiger partial charge in [0.25, 0.3) is 0 Å². The highest BCUT2D eigenvalue weighted by Gasteiger charge is 2.15. The van der Waals surface area contributed by atoms with E-state index in [0.29, 0.717) is 10.8 Å². The molecule has 1 aromatic carbocycles. The van der Waals surface area contributed by atoms with E-state index in [0.717, 1.165) is 43.3 Å². The molecular formula is C15H17ClN4. The van der Waals surface area contributed by atoms with E-state index in [2.05, 4.69) is 15.2 Å². The second-order valence-corrected chi connectivity index (χ2v) is 5.32. The molecule has 2 heterocycles. The first-order chi connectivity index (χ1) is 9.74. The Kier molecular flexibility index (Phi) is 3.85. The molecule has 0 spiro atoms. The summed E-state index contributed by atoms with van der Waals surface area (Å²) in [5, 5.41) is 4.03. The number of nitrogens with zero attached hydrogens (tertiary/aromatic N) is 3. The zero-order valence-electron chi connectivity index (χ0n) is 11.4. The van der Waals surface area contributed by atoms with Crippen molar-refractivity contribution in [3.63, 3.8) is 0 Å². The van der Waals surface area contributed by atoms with Crippen molar-refractivity contribution in [1.82, 2.24) is 15.3 Å². The molecule has 0 atom stereocenters. The first-order valence-corrected chi connectivity index (χ1v) is 7.18. The predicted molar refractivity (Wildman–Crippen MR) is 82.3 cm³/mol. The van der Waals surface area contributed by atoms with Crippen LogP contribution in [-0.2, 0) is 0 Å². The fraction of sp³-hybridized carbons (Fsp3) is 0.333. The first kappa shape index (κ1) is 13.3. The number of aryl methyl sites for hydroxylation is 1. The summed E-state index contributed by atoms with van der Waals surface area (Å²) < 4.78 is 0. The van der Waals surface area contributed by atoms with Crippen molar-refractivity contribution in [2.75, 3.05) is 31.1 Å². The molecule has 1 fully saturated rings. The molecule has 0 unspecified atom stereocenters. The van der Waals surface area contributed by atoms with Crippen molar-refractivity contribution in [3.05, 3.63) is 41.0 Å². The van der Waals surface area contributed by atoms with E-state index in [4.69, 9.17) is 16.6 Å². The molecule has 1 saturated heterocycles. The van der Waals surface area contributed by atoms with E-state index >= 15 is 0 Å². The lowest BCUT2D eigenvalue weighted by Crippen LogP contribution is -2.44. The second kappa shape index (κ2) is 5.77. The number of hydrogen-bond donors (Lipinski definition) is 1. The fourth-order valence-electron chi connectivity index (χ4n) is 2.37. The van der Waals surface area contributed by atoms with Crippen molar-refractivity contribution in [2.24, 2.45) is 0 Å². The number of nitrogens with one attached hydrogen (secondary N) is 1. The predicted octanol–water partition coefficient (Wildman–Crippen LogP) is 2.52. The van der Waals surface area contributed by atoms with Crippen LogP contribution in [0.25, 0.3) is 11.4 Å². The molecule has 0 radical (unpaired) electrons. The summed E-state index contributed by atoms with van der Waals surface area (Å²) in [7, 11) is 0. The van der Waals surface area contributed by atoms with Crippen LogP contribution in [0.2, 0.25) is 5.02 Å². The second-order valence-electron chi connectivity index (χ2n) is 4.91. The van der Waals surface area contributed by atoms with E-state index in [1.54, 1.807) is 0 Å². The Bertz CT molecular complexity index is 609. The summed E-state index contributed by atoms with van der Waals surface area (Å²) in [4.78, 5) is 11.5. The van der Waals surface area contributed by atoms with Crippen LogP contribution in [0.4, 0.5) is 5.82 Å². The molecule has 1 aliphatic rings. The van der Waals surface area contributed by atoms with Crippen molar-refractivity contribution >= 4 is 17.4 Å². The standard InChI is InChI=1S/C15H17ClN4/c1-11-10-14(20-8-6-17-7-9-20)19-15(18-11)12-4-2-3-5-13(12)16/h2-5,10,17H,6-9H2,1H3. The van der Waals surface area contributed by atoms with Gasteiger partial charge in [0.1, 0.15) is 5.82 Å². The van der Waals surface area contributed by atoms with Gasteiger partial charge in [-0.1, -0.05) is 23.7 Å². The monoisotopic (exact) mass is 288 g/mol. The Labute approximate surface area is 123 Å². The van der Waals surface area contributed by atoms with Gasteiger partial charge in [-0.15, -0.1) is 0 Å². The molecule has 5 heteroatoms. The number of anilines is 1. The van der Waals surface area contributed by atoms with E-state index in [1.165, 1.54) is 0 Å². The van der Waals surface area contributed by atoms with Gasteiger partial charge in [0, 0.05) is 43.5 Å². The number of aromatic nitrogens is 2. The minimum Gasteiger partial charge on any atom is -0.354 e. The molecule has 20 heavy (non-hydrogen) atoms. The highest BCUT2D eigenvalue weighted by atomic mass is 35.5. The van der Waals surface area contributed by atoms with Crippen LogP contribution in [-0.4, -0.2) is 36.1 Å². The van der Waals surface area contributed by atoms with Crippen LogP contribution in [0.1, 0.15) is 5.69 Å². The first-order valence-electron chi connectivity index (χ1n) is 6.80. The quantitative estimate of drug-likeness (QED) is 0.922. The average molecular weight is 289 g/mol. The molecule has 0 aliphatic carbocycles. The van der Waals surface area contributed by atoms with Gasteiger partial charge in [-0.25, -0.2) is 9.97 Å². The summed E-state index contributed by atoms with van der Waals surface area (Å²) in [5.41, 5.74) is 1.85. The number of piperazine rings is 1. The van der Waals surface area contributed by atoms with Gasteiger partial charge in [-0.05, 0) is 19.1 Å². The van der Waals surface area contributed by atoms with E-state index in [-0.39, 0.29) is 0 Å². The molecule has 0 bridgehead atoms. The zero-order chi connectivity index (χ0) is 13.9. The maximum absolute atomic E-state index is 6.25. The van der Waals surface area contributed by atoms with Crippen LogP contribution in [0.5, 0.6) is 0 Å². The van der Waals surface area contributed by atoms with Gasteiger partial charge >= 0.3 is 0 Å². The molecule has 0 amide bonds. The summed E-state index contributed by atoms with van der Waals surface area (Å²) in [6, 6.07) is 9.73. The van der Waals surface area contributed by atoms with Crippen molar-refractivity contribution in [3.8, 4) is 11.4 Å². The number of halogens is 1. The summed E-state index contributed by atoms with van der Waals surface area (Å²) >= 11 is 6.25. The zero-order valence-corrected chi connectivity index (χ0v) is 12.2. The topological polar surface area (TPSA) is 41.0 Å². The van der Waals surface area contributed by atoms with Crippen LogP contribution in [0, 0.1) is 6.92 Å². The molecule has 0 saturated carbocycles. The third-order valence-corrected chi connectivity index (χ3v) is 3.73. The largest absolute Gasteiger partial charge is 0.354 e. The Balaban J connectivity index is 2.00. The van der Waals surface area contributed by atoms with Gasteiger partial charge in [-0.3, -0.25) is 0 Å². The fourth-order valence-corrected chi connectivity index (χ4v) is 2.59. The summed E-state index contributed by atoms with van der Waals surface area (Å²) in [6.45, 7) is 5.92. The lowest BCUT2D eigenvalue weighted by atomic mass is 10.2. The normalized spacial score (nSPS) is 15.4. The smallest absolute Gasteiger partial charge is 0.163 e. The summed E-state index contributed by atoms with van der Waals surface area (Å²) in [6.07, 6.45) is 0. The Hall–Kier alpha value is -1.65. The lowest BCUT2D eigenvalue weighted by Gasteiger charge is -2.28. The van der Waals surface area contributed by atoms with E-state index < -0.39 is 0 Å². The summed E-state index contributed by atoms with van der Waals surface area (Å²) in [5.74, 6) is 1.68. The van der Waals surface area contributed by atoms with Crippen LogP contribution in [0.15, 0.2) is 30.3 Å². The van der Waals surface area contributed by atoms with Crippen LogP contribution >= 0.6 is 11.6 Å². The van der Waals surface area contributed by atoms with E-state index in [9.17, 15) is 0 Å². The average Bonchev–Trinajstić information content (AvgIpc) is 2.48. The van der Waals surface area contributed by atoms with Crippen LogP contribution < -0.4 is 10.2 Å². The molecular weight excluding hydrogens is 272 g/mol. The molecule has 1 aromatic heterocycles. The third kappa shape index (κ3) is 2.76. The minimum atomic E-state index is 0.685. The molecule has 2 aromatic rings. The maximum atomic E-state index is 6.25. The highest BCUT2D eigenvalue weighted by Crippen LogP contribution is 2.26. The lowest BCUT2D eigenvalue weighted by molar-refractivity contribution is 0.584.